The summed E-state index contributed by atoms with van der Waals surface area (Å²) in [5, 5.41) is 33.2. The van der Waals surface area contributed by atoms with E-state index in [1.807, 2.05) is 0 Å². The first-order chi connectivity index (χ1) is 12.5. The van der Waals surface area contributed by atoms with Gasteiger partial charge >= 0.3 is 5.97 Å². The van der Waals surface area contributed by atoms with Gasteiger partial charge in [0.05, 0.1) is 24.3 Å². The van der Waals surface area contributed by atoms with E-state index < -0.39 is 5.97 Å². The monoisotopic (exact) mass is 369 g/mol. The second kappa shape index (κ2) is 10.9. The zero-order valence-electron chi connectivity index (χ0n) is 16.0. The molecule has 0 aromatic rings. The molecule has 0 saturated heterocycles. The van der Waals surface area contributed by atoms with Crippen molar-refractivity contribution >= 4 is 11.7 Å². The molecule has 0 heterocycles. The van der Waals surface area contributed by atoms with Crippen LogP contribution in [-0.2, 0) is 9.63 Å². The summed E-state index contributed by atoms with van der Waals surface area (Å²) in [7, 11) is 0. The van der Waals surface area contributed by atoms with Crippen molar-refractivity contribution in [2.45, 2.75) is 89.8 Å². The number of carboxylic acids is 1. The van der Waals surface area contributed by atoms with Gasteiger partial charge in [0, 0.05) is 5.92 Å². The standard InChI is InChI=1S/C20H35NO5/c1-2-3-4-5-6-7-14(22)8-9-15-16-12-18(17(16)13-19(15)23)21-26-11-10-20(24)25/h14-17,19,22-23H,2-13H2,1H3,(H,24,25). The number of carboxylic acid groups (broad SMARTS) is 1. The van der Waals surface area contributed by atoms with Gasteiger partial charge in [-0.05, 0) is 43.9 Å². The average Bonchev–Trinajstić information content (AvgIpc) is 2.83. The van der Waals surface area contributed by atoms with E-state index in [9.17, 15) is 15.0 Å². The minimum absolute atomic E-state index is 0.0491. The van der Waals surface area contributed by atoms with Gasteiger partial charge in [-0.2, -0.15) is 0 Å². The van der Waals surface area contributed by atoms with E-state index in [-0.39, 0.29) is 37.1 Å². The molecular weight excluding hydrogens is 334 g/mol. The van der Waals surface area contributed by atoms with Crippen LogP contribution in [-0.4, -0.2) is 45.8 Å². The summed E-state index contributed by atoms with van der Waals surface area (Å²) in [6.45, 7) is 2.29. The van der Waals surface area contributed by atoms with Crippen LogP contribution in [0.25, 0.3) is 0 Å². The van der Waals surface area contributed by atoms with Gasteiger partial charge in [-0.1, -0.05) is 44.2 Å². The van der Waals surface area contributed by atoms with E-state index in [2.05, 4.69) is 12.1 Å². The molecular formula is C20H35NO5. The van der Waals surface area contributed by atoms with Crippen LogP contribution in [0.5, 0.6) is 0 Å². The van der Waals surface area contributed by atoms with Crippen LogP contribution < -0.4 is 0 Å². The zero-order chi connectivity index (χ0) is 18.9. The number of carbonyl (C=O) groups is 1. The molecule has 6 nitrogen and oxygen atoms in total. The molecule has 26 heavy (non-hydrogen) atoms. The molecule has 0 aromatic heterocycles. The van der Waals surface area contributed by atoms with Gasteiger partial charge in [0.25, 0.3) is 0 Å². The lowest BCUT2D eigenvalue weighted by molar-refractivity contribution is -0.138. The third kappa shape index (κ3) is 6.23. The number of unbranched alkanes of at least 4 members (excludes halogenated alkanes) is 4. The molecule has 5 atom stereocenters. The Morgan fingerprint density at radius 1 is 1.27 bits per heavy atom. The summed E-state index contributed by atoms with van der Waals surface area (Å²) < 4.78 is 0. The highest BCUT2D eigenvalue weighted by Gasteiger charge is 2.51. The van der Waals surface area contributed by atoms with Crippen molar-refractivity contribution in [1.82, 2.24) is 0 Å². The fourth-order valence-electron chi connectivity index (χ4n) is 4.39. The first-order valence-electron chi connectivity index (χ1n) is 10.3. The third-order valence-electron chi connectivity index (χ3n) is 5.99. The van der Waals surface area contributed by atoms with Crippen LogP contribution in [0, 0.1) is 17.8 Å². The molecule has 0 radical (unpaired) electrons. The summed E-state index contributed by atoms with van der Waals surface area (Å²) in [6.07, 6.45) is 9.46. The molecule has 6 heteroatoms. The Morgan fingerprint density at radius 3 is 2.77 bits per heavy atom. The second-order valence-electron chi connectivity index (χ2n) is 7.94. The summed E-state index contributed by atoms with van der Waals surface area (Å²) >= 11 is 0. The topological polar surface area (TPSA) is 99.4 Å². The number of aliphatic hydroxyl groups is 2. The highest BCUT2D eigenvalue weighted by molar-refractivity contribution is 5.93. The van der Waals surface area contributed by atoms with Crippen molar-refractivity contribution in [3.63, 3.8) is 0 Å². The largest absolute Gasteiger partial charge is 0.481 e. The maximum absolute atomic E-state index is 10.5. The number of oxime groups is 1. The molecule has 2 aliphatic carbocycles. The highest BCUT2D eigenvalue weighted by atomic mass is 16.6. The Kier molecular flexibility index (Phi) is 8.85. The second-order valence-corrected chi connectivity index (χ2v) is 7.94. The molecule has 0 spiro atoms. The minimum atomic E-state index is -0.892. The van der Waals surface area contributed by atoms with E-state index in [0.717, 1.165) is 37.8 Å². The lowest BCUT2D eigenvalue weighted by Gasteiger charge is -2.35. The molecule has 2 saturated carbocycles. The van der Waals surface area contributed by atoms with Gasteiger partial charge in [-0.3, -0.25) is 4.79 Å². The van der Waals surface area contributed by atoms with Crippen LogP contribution >= 0.6 is 0 Å². The van der Waals surface area contributed by atoms with Crippen LogP contribution in [0.3, 0.4) is 0 Å². The molecule has 2 fully saturated rings. The highest BCUT2D eigenvalue weighted by Crippen LogP contribution is 2.50. The molecule has 150 valence electrons. The van der Waals surface area contributed by atoms with Crippen molar-refractivity contribution in [2.24, 2.45) is 22.9 Å². The van der Waals surface area contributed by atoms with Gasteiger partial charge in [-0.15, -0.1) is 0 Å². The molecule has 0 aromatic carbocycles. The number of hydrogen-bond donors (Lipinski definition) is 3. The molecule has 0 amide bonds. The van der Waals surface area contributed by atoms with E-state index in [1.165, 1.54) is 25.7 Å². The van der Waals surface area contributed by atoms with Gasteiger partial charge in [0.2, 0.25) is 0 Å². The molecule has 0 aliphatic heterocycles. The molecule has 0 bridgehead atoms. The summed E-state index contributed by atoms with van der Waals surface area (Å²) in [6, 6.07) is 0. The maximum Gasteiger partial charge on any atom is 0.306 e. The van der Waals surface area contributed by atoms with Gasteiger partial charge < -0.3 is 20.2 Å². The summed E-state index contributed by atoms with van der Waals surface area (Å²) in [4.78, 5) is 15.5. The normalized spacial score (nSPS) is 30.0. The fraction of sp³-hybridized carbons (Fsp3) is 0.900. The number of aliphatic carboxylic acids is 1. The van der Waals surface area contributed by atoms with Crippen molar-refractivity contribution in [3.8, 4) is 0 Å². The minimum Gasteiger partial charge on any atom is -0.481 e. The Balaban J connectivity index is 1.64. The predicted molar refractivity (Wildman–Crippen MR) is 100.0 cm³/mol. The quantitative estimate of drug-likeness (QED) is 0.341. The van der Waals surface area contributed by atoms with Gasteiger partial charge in [0.1, 0.15) is 6.61 Å². The smallest absolute Gasteiger partial charge is 0.306 e. The lowest BCUT2D eigenvalue weighted by Crippen LogP contribution is -2.37. The van der Waals surface area contributed by atoms with Crippen molar-refractivity contribution < 1.29 is 25.0 Å². The van der Waals surface area contributed by atoms with Crippen molar-refractivity contribution in [3.05, 3.63) is 0 Å². The Bertz CT molecular complexity index is 467. The maximum atomic E-state index is 10.5. The van der Waals surface area contributed by atoms with Gasteiger partial charge in [0.15, 0.2) is 0 Å². The number of hydrogen-bond acceptors (Lipinski definition) is 5. The van der Waals surface area contributed by atoms with E-state index in [1.54, 1.807) is 0 Å². The third-order valence-corrected chi connectivity index (χ3v) is 5.99. The molecule has 5 unspecified atom stereocenters. The number of rotatable bonds is 13. The molecule has 2 rings (SSSR count). The Labute approximate surface area is 156 Å². The summed E-state index contributed by atoms with van der Waals surface area (Å²) in [5.41, 5.74) is 0.957. The number of fused-ring (bicyclic) bond motifs is 1. The fourth-order valence-corrected chi connectivity index (χ4v) is 4.39. The molecule has 3 N–H and O–H groups in total. The first kappa shape index (κ1) is 21.2. The van der Waals surface area contributed by atoms with Crippen molar-refractivity contribution in [2.75, 3.05) is 6.61 Å². The van der Waals surface area contributed by atoms with Crippen LogP contribution in [0.2, 0.25) is 0 Å². The summed E-state index contributed by atoms with van der Waals surface area (Å²) in [5.74, 6) is 0.0549. The van der Waals surface area contributed by atoms with E-state index in [0.29, 0.717) is 12.3 Å². The van der Waals surface area contributed by atoms with Gasteiger partial charge in [-0.25, -0.2) is 0 Å². The zero-order valence-corrected chi connectivity index (χ0v) is 16.0. The predicted octanol–water partition coefficient (Wildman–Crippen LogP) is 3.35. The van der Waals surface area contributed by atoms with E-state index in [4.69, 9.17) is 9.94 Å². The average molecular weight is 370 g/mol. The SMILES string of the molecule is CCCCCCCC(O)CCC1C(O)CC2C(=NOCCC(=O)O)CC21. The number of aliphatic hydroxyl groups excluding tert-OH is 2. The first-order valence-corrected chi connectivity index (χ1v) is 10.3. The lowest BCUT2D eigenvalue weighted by atomic mass is 9.70. The van der Waals surface area contributed by atoms with Crippen LogP contribution in [0.15, 0.2) is 5.16 Å². The Hall–Kier alpha value is -1.14. The van der Waals surface area contributed by atoms with Crippen molar-refractivity contribution in [1.29, 1.82) is 0 Å². The Morgan fingerprint density at radius 2 is 2.04 bits per heavy atom. The van der Waals surface area contributed by atoms with Crippen LogP contribution in [0.1, 0.15) is 77.6 Å². The van der Waals surface area contributed by atoms with E-state index >= 15 is 0 Å². The number of nitrogens with zero attached hydrogens (tertiary/aromatic N) is 1. The van der Waals surface area contributed by atoms with Crippen LogP contribution in [0.4, 0.5) is 0 Å². The molecule has 2 aliphatic rings.